The van der Waals surface area contributed by atoms with Crippen molar-refractivity contribution in [1.29, 1.82) is 0 Å². The number of carbonyl (C=O) groups is 3. The maximum atomic E-state index is 13.7. The Morgan fingerprint density at radius 2 is 1.88 bits per heavy atom. The molecule has 0 aromatic heterocycles. The van der Waals surface area contributed by atoms with Gasteiger partial charge in [0.15, 0.2) is 5.78 Å². The van der Waals surface area contributed by atoms with Crippen LogP contribution in [0.15, 0.2) is 46.8 Å². The van der Waals surface area contributed by atoms with Gasteiger partial charge in [0.2, 0.25) is 0 Å². The fraction of sp³-hybridized carbons (Fsp3) is 0.500. The first-order valence-corrected chi connectivity index (χ1v) is 12.7. The number of anilines is 1. The van der Waals surface area contributed by atoms with Crippen LogP contribution >= 0.6 is 11.8 Å². The minimum atomic E-state index is -0.897. The van der Waals surface area contributed by atoms with E-state index >= 15 is 0 Å². The van der Waals surface area contributed by atoms with Gasteiger partial charge in [-0.25, -0.2) is 4.79 Å². The molecule has 0 fully saturated rings. The molecule has 3 atom stereocenters. The van der Waals surface area contributed by atoms with Crippen LogP contribution in [0.5, 0.6) is 0 Å². The summed E-state index contributed by atoms with van der Waals surface area (Å²) in [6, 6.07) is 7.78. The summed E-state index contributed by atoms with van der Waals surface area (Å²) in [5, 5.41) is 3.29. The molecule has 7 nitrogen and oxygen atoms in total. The third kappa shape index (κ3) is 5.17. The SMILES string of the molecule is CCSCCOC(=O)C1=C(C)NC2=C(C(=O)[C@H](C(=O)OC)[C@@H](C)C2)[C@H]1c1ccc(N(C)C)cc1. The normalized spacial score (nSPS) is 22.2. The third-order valence-electron chi connectivity index (χ3n) is 6.37. The molecule has 1 N–H and O–H groups in total. The van der Waals surface area contributed by atoms with Crippen molar-refractivity contribution in [1.82, 2.24) is 5.32 Å². The molecule has 3 rings (SSSR count). The second-order valence-corrected chi connectivity index (χ2v) is 10.2. The van der Waals surface area contributed by atoms with E-state index in [0.717, 1.165) is 22.7 Å². The minimum Gasteiger partial charge on any atom is -0.468 e. The third-order valence-corrected chi connectivity index (χ3v) is 7.23. The summed E-state index contributed by atoms with van der Waals surface area (Å²) in [5.41, 5.74) is 4.10. The predicted octanol–water partition coefficient (Wildman–Crippen LogP) is 3.66. The van der Waals surface area contributed by atoms with Crippen LogP contribution in [-0.4, -0.2) is 57.0 Å². The van der Waals surface area contributed by atoms with Crippen molar-refractivity contribution in [2.75, 3.05) is 44.2 Å². The smallest absolute Gasteiger partial charge is 0.336 e. The number of benzene rings is 1. The van der Waals surface area contributed by atoms with E-state index in [-0.39, 0.29) is 11.7 Å². The Labute approximate surface area is 205 Å². The molecule has 0 amide bonds. The highest BCUT2D eigenvalue weighted by atomic mass is 32.2. The van der Waals surface area contributed by atoms with Gasteiger partial charge in [0, 0.05) is 48.4 Å². The molecule has 2 aliphatic rings. The summed E-state index contributed by atoms with van der Waals surface area (Å²) >= 11 is 1.70. The average Bonchev–Trinajstić information content (AvgIpc) is 2.80. The number of hydrogen-bond acceptors (Lipinski definition) is 8. The number of methoxy groups -OCH3 is 1. The molecule has 184 valence electrons. The van der Waals surface area contributed by atoms with Crippen LogP contribution in [0.25, 0.3) is 0 Å². The molecule has 0 saturated heterocycles. The predicted molar refractivity (Wildman–Crippen MR) is 135 cm³/mol. The van der Waals surface area contributed by atoms with Gasteiger partial charge in [0.25, 0.3) is 0 Å². The Bertz CT molecular complexity index is 1010. The van der Waals surface area contributed by atoms with Gasteiger partial charge in [-0.2, -0.15) is 11.8 Å². The summed E-state index contributed by atoms with van der Waals surface area (Å²) in [6.45, 7) is 6.06. The monoisotopic (exact) mass is 486 g/mol. The van der Waals surface area contributed by atoms with Gasteiger partial charge in [-0.1, -0.05) is 26.0 Å². The molecule has 1 aliphatic carbocycles. The molecule has 34 heavy (non-hydrogen) atoms. The summed E-state index contributed by atoms with van der Waals surface area (Å²) in [4.78, 5) is 41.5. The summed E-state index contributed by atoms with van der Waals surface area (Å²) in [7, 11) is 5.20. The molecular formula is C26H34N2O5S. The Kier molecular flexibility index (Phi) is 8.47. The lowest BCUT2D eigenvalue weighted by atomic mass is 9.69. The standard InChI is InChI=1S/C26H34N2O5S/c1-7-34-13-12-33-26(31)21-16(3)27-19-14-15(2)20(25(30)32-6)24(29)23(19)22(21)17-8-10-18(11-9-17)28(4)5/h8-11,15,20,22,27H,7,12-14H2,1-6H3/t15-,20+,22-/m0/s1. The van der Waals surface area contributed by atoms with Gasteiger partial charge < -0.3 is 19.7 Å². The number of Topliss-reactive ketones (excluding diaryl/α,β-unsaturated/α-hetero) is 1. The molecule has 1 aliphatic heterocycles. The molecule has 8 heteroatoms. The fourth-order valence-corrected chi connectivity index (χ4v) is 5.15. The molecule has 1 aromatic rings. The lowest BCUT2D eigenvalue weighted by Crippen LogP contribution is -2.43. The summed E-state index contributed by atoms with van der Waals surface area (Å²) in [6.07, 6.45) is 0.514. The van der Waals surface area contributed by atoms with Gasteiger partial charge >= 0.3 is 11.9 Å². The van der Waals surface area contributed by atoms with Crippen LogP contribution in [0.2, 0.25) is 0 Å². The summed E-state index contributed by atoms with van der Waals surface area (Å²) in [5.74, 6) is -1.37. The fourth-order valence-electron chi connectivity index (χ4n) is 4.66. The van der Waals surface area contributed by atoms with Crippen molar-refractivity contribution in [2.45, 2.75) is 33.1 Å². The molecule has 1 aromatic carbocycles. The van der Waals surface area contributed by atoms with E-state index in [1.807, 2.05) is 57.1 Å². The van der Waals surface area contributed by atoms with Gasteiger partial charge in [-0.05, 0) is 42.7 Å². The number of ketones is 1. The highest BCUT2D eigenvalue weighted by Crippen LogP contribution is 2.45. The van der Waals surface area contributed by atoms with E-state index in [2.05, 4.69) is 12.2 Å². The molecule has 0 spiro atoms. The lowest BCUT2D eigenvalue weighted by molar-refractivity contribution is -0.151. The number of thioether (sulfide) groups is 1. The second-order valence-electron chi connectivity index (χ2n) is 8.85. The Balaban J connectivity index is 2.08. The zero-order valence-electron chi connectivity index (χ0n) is 20.8. The molecular weight excluding hydrogens is 452 g/mol. The maximum Gasteiger partial charge on any atom is 0.336 e. The van der Waals surface area contributed by atoms with E-state index in [4.69, 9.17) is 9.47 Å². The topological polar surface area (TPSA) is 84.9 Å². The van der Waals surface area contributed by atoms with Crippen LogP contribution in [0, 0.1) is 11.8 Å². The Hall–Kier alpha value is -2.74. The molecule has 1 heterocycles. The van der Waals surface area contributed by atoms with Crippen LogP contribution in [0.4, 0.5) is 5.69 Å². The zero-order valence-corrected chi connectivity index (χ0v) is 21.6. The first kappa shape index (κ1) is 25.9. The number of esters is 2. The lowest BCUT2D eigenvalue weighted by Gasteiger charge is -2.38. The second kappa shape index (κ2) is 11.1. The van der Waals surface area contributed by atoms with Gasteiger partial charge in [-0.3, -0.25) is 9.59 Å². The van der Waals surface area contributed by atoms with E-state index in [1.165, 1.54) is 7.11 Å². The highest BCUT2D eigenvalue weighted by Gasteiger charge is 2.47. The molecule has 0 unspecified atom stereocenters. The van der Waals surface area contributed by atoms with Gasteiger partial charge in [0.05, 0.1) is 12.7 Å². The van der Waals surface area contributed by atoms with E-state index in [9.17, 15) is 14.4 Å². The first-order chi connectivity index (χ1) is 16.2. The zero-order chi connectivity index (χ0) is 25.0. The molecule has 0 bridgehead atoms. The number of nitrogens with one attached hydrogen (secondary N) is 1. The molecule has 0 saturated carbocycles. The van der Waals surface area contributed by atoms with E-state index in [0.29, 0.717) is 35.6 Å². The van der Waals surface area contributed by atoms with Crippen molar-refractivity contribution in [3.05, 3.63) is 52.4 Å². The minimum absolute atomic E-state index is 0.213. The maximum absolute atomic E-state index is 13.7. The van der Waals surface area contributed by atoms with Gasteiger partial charge in [0.1, 0.15) is 12.5 Å². The van der Waals surface area contributed by atoms with Crippen molar-refractivity contribution in [3.8, 4) is 0 Å². The number of dihydropyridines is 1. The number of hydrogen-bond donors (Lipinski definition) is 1. The van der Waals surface area contributed by atoms with Crippen molar-refractivity contribution < 1.29 is 23.9 Å². The number of rotatable bonds is 8. The first-order valence-electron chi connectivity index (χ1n) is 11.6. The summed E-state index contributed by atoms with van der Waals surface area (Å²) < 4.78 is 10.6. The Morgan fingerprint density at radius 1 is 1.21 bits per heavy atom. The number of ether oxygens (including phenoxy) is 2. The van der Waals surface area contributed by atoms with E-state index < -0.39 is 23.8 Å². The largest absolute Gasteiger partial charge is 0.468 e. The Morgan fingerprint density at radius 3 is 2.47 bits per heavy atom. The van der Waals surface area contributed by atoms with Crippen LogP contribution in [0.1, 0.15) is 38.7 Å². The van der Waals surface area contributed by atoms with Crippen molar-refractivity contribution in [3.63, 3.8) is 0 Å². The number of allylic oxidation sites excluding steroid dienone is 3. The van der Waals surface area contributed by atoms with Crippen molar-refractivity contribution >= 4 is 35.2 Å². The van der Waals surface area contributed by atoms with Crippen LogP contribution in [0.3, 0.4) is 0 Å². The molecule has 0 radical (unpaired) electrons. The van der Waals surface area contributed by atoms with E-state index in [1.54, 1.807) is 11.8 Å². The average molecular weight is 487 g/mol. The van der Waals surface area contributed by atoms with Gasteiger partial charge in [-0.15, -0.1) is 0 Å². The highest BCUT2D eigenvalue weighted by molar-refractivity contribution is 7.99. The van der Waals surface area contributed by atoms with Crippen LogP contribution < -0.4 is 10.2 Å². The number of nitrogens with zero attached hydrogens (tertiary/aromatic N) is 1. The van der Waals surface area contributed by atoms with Crippen molar-refractivity contribution in [2.24, 2.45) is 11.8 Å². The quantitative estimate of drug-likeness (QED) is 0.339. The number of carbonyl (C=O) groups excluding carboxylic acids is 3. The van der Waals surface area contributed by atoms with Crippen LogP contribution in [-0.2, 0) is 23.9 Å².